The summed E-state index contributed by atoms with van der Waals surface area (Å²) in [4.78, 5) is 34.7. The summed E-state index contributed by atoms with van der Waals surface area (Å²) in [6.45, 7) is 3.74. The Labute approximate surface area is 301 Å². The molecule has 0 saturated heterocycles. The third-order valence-corrected chi connectivity index (χ3v) is 9.98. The van der Waals surface area contributed by atoms with Crippen molar-refractivity contribution in [3.63, 3.8) is 0 Å². The van der Waals surface area contributed by atoms with E-state index in [1.807, 2.05) is 0 Å². The lowest BCUT2D eigenvalue weighted by Gasteiger charge is -2.19. The Morgan fingerprint density at radius 1 is 0.531 bits per heavy atom. The zero-order valence-electron chi connectivity index (χ0n) is 31.9. The minimum Gasteiger partial charge on any atom is -0.462 e. The summed E-state index contributed by atoms with van der Waals surface area (Å²) in [5.41, 5.74) is 5.33. The zero-order chi connectivity index (χ0) is 36.1. The van der Waals surface area contributed by atoms with Crippen LogP contribution in [-0.2, 0) is 32.7 Å². The number of nitrogens with two attached hydrogens (primary N) is 1. The molecule has 0 aromatic carbocycles. The fraction of sp³-hybridized carbons (Fsp3) is 0.949. The maximum Gasteiger partial charge on any atom is 0.472 e. The average molecular weight is 720 g/mol. The van der Waals surface area contributed by atoms with E-state index >= 15 is 0 Å². The second-order valence-corrected chi connectivity index (χ2v) is 15.3. The van der Waals surface area contributed by atoms with E-state index in [1.165, 1.54) is 141 Å². The molecule has 9 nitrogen and oxygen atoms in total. The number of hydrogen-bond donors (Lipinski definition) is 2. The molecule has 0 aliphatic rings. The molecular formula is C39H78NO8P. The first-order chi connectivity index (χ1) is 23.8. The van der Waals surface area contributed by atoms with Crippen LogP contribution in [0.2, 0.25) is 0 Å². The molecule has 2 atom stereocenters. The van der Waals surface area contributed by atoms with Crippen molar-refractivity contribution in [3.8, 4) is 0 Å². The van der Waals surface area contributed by atoms with Crippen LogP contribution in [0, 0.1) is 0 Å². The van der Waals surface area contributed by atoms with Crippen molar-refractivity contribution >= 4 is 19.8 Å². The average Bonchev–Trinajstić information content (AvgIpc) is 3.08. The normalized spacial score (nSPS) is 13.3. The van der Waals surface area contributed by atoms with E-state index in [1.54, 1.807) is 0 Å². The first kappa shape index (κ1) is 48.0. The zero-order valence-corrected chi connectivity index (χ0v) is 32.8. The molecule has 0 aliphatic carbocycles. The summed E-state index contributed by atoms with van der Waals surface area (Å²) in [6.07, 6.45) is 34.2. The fourth-order valence-electron chi connectivity index (χ4n) is 5.93. The van der Waals surface area contributed by atoms with Crippen molar-refractivity contribution in [1.82, 2.24) is 0 Å². The summed E-state index contributed by atoms with van der Waals surface area (Å²) in [6, 6.07) is 0. The lowest BCUT2D eigenvalue weighted by Crippen LogP contribution is -2.29. The van der Waals surface area contributed by atoms with Crippen molar-refractivity contribution in [2.45, 2.75) is 213 Å². The number of carbonyl (C=O) groups is 2. The first-order valence-electron chi connectivity index (χ1n) is 20.5. The Kier molecular flexibility index (Phi) is 36.0. The molecule has 0 aliphatic heterocycles. The molecule has 0 saturated carbocycles. The van der Waals surface area contributed by atoms with Gasteiger partial charge in [0.15, 0.2) is 6.10 Å². The summed E-state index contributed by atoms with van der Waals surface area (Å²) in [7, 11) is -4.36. The van der Waals surface area contributed by atoms with Crippen LogP contribution in [0.4, 0.5) is 0 Å². The van der Waals surface area contributed by atoms with E-state index < -0.39 is 26.5 Å². The maximum absolute atomic E-state index is 12.5. The summed E-state index contributed by atoms with van der Waals surface area (Å²) < 4.78 is 32.7. The number of unbranched alkanes of at least 4 members (excludes halogenated alkanes) is 26. The monoisotopic (exact) mass is 720 g/mol. The van der Waals surface area contributed by atoms with Gasteiger partial charge in [-0.25, -0.2) is 4.57 Å². The van der Waals surface area contributed by atoms with Gasteiger partial charge in [-0.2, -0.15) is 0 Å². The fourth-order valence-corrected chi connectivity index (χ4v) is 6.69. The largest absolute Gasteiger partial charge is 0.472 e. The smallest absolute Gasteiger partial charge is 0.462 e. The molecule has 0 aromatic heterocycles. The molecule has 49 heavy (non-hydrogen) atoms. The highest BCUT2D eigenvalue weighted by Gasteiger charge is 2.26. The Morgan fingerprint density at radius 3 is 1.24 bits per heavy atom. The van der Waals surface area contributed by atoms with Crippen molar-refractivity contribution in [2.24, 2.45) is 5.73 Å². The van der Waals surface area contributed by atoms with Gasteiger partial charge < -0.3 is 20.1 Å². The number of phosphoric ester groups is 1. The number of carbonyl (C=O) groups excluding carboxylic acids is 2. The first-order valence-corrected chi connectivity index (χ1v) is 22.0. The van der Waals surface area contributed by atoms with Crippen LogP contribution in [0.3, 0.4) is 0 Å². The SMILES string of the molecule is CCCCCCCCCCCCCCCCCCCCC(=O)OC[C@H](COP(=O)(O)OCCN)OC(=O)CCCCCCCCCCCC. The third kappa shape index (κ3) is 36.6. The van der Waals surface area contributed by atoms with Crippen molar-refractivity contribution in [2.75, 3.05) is 26.4 Å². The lowest BCUT2D eigenvalue weighted by atomic mass is 10.0. The quantitative estimate of drug-likeness (QED) is 0.0361. The number of esters is 2. The Hall–Kier alpha value is -0.990. The second kappa shape index (κ2) is 36.8. The molecule has 10 heteroatoms. The van der Waals surface area contributed by atoms with E-state index in [9.17, 15) is 19.0 Å². The van der Waals surface area contributed by atoms with Crippen LogP contribution in [0.1, 0.15) is 206 Å². The van der Waals surface area contributed by atoms with Crippen molar-refractivity contribution in [3.05, 3.63) is 0 Å². The summed E-state index contributed by atoms with van der Waals surface area (Å²) >= 11 is 0. The predicted molar refractivity (Wildman–Crippen MR) is 201 cm³/mol. The van der Waals surface area contributed by atoms with Gasteiger partial charge in [0.25, 0.3) is 0 Å². The molecule has 292 valence electrons. The molecule has 0 fully saturated rings. The van der Waals surface area contributed by atoms with Gasteiger partial charge in [0.1, 0.15) is 6.61 Å². The minimum absolute atomic E-state index is 0.0578. The molecule has 0 heterocycles. The molecule has 1 unspecified atom stereocenters. The number of rotatable bonds is 39. The predicted octanol–water partition coefficient (Wildman–Crippen LogP) is 11.3. The molecule has 0 spiro atoms. The molecule has 0 bridgehead atoms. The van der Waals surface area contributed by atoms with E-state index in [-0.39, 0.29) is 38.6 Å². The van der Waals surface area contributed by atoms with Gasteiger partial charge in [-0.1, -0.05) is 181 Å². The van der Waals surface area contributed by atoms with Crippen LogP contribution in [0.15, 0.2) is 0 Å². The van der Waals surface area contributed by atoms with Crippen LogP contribution in [-0.4, -0.2) is 49.3 Å². The van der Waals surface area contributed by atoms with E-state index in [2.05, 4.69) is 13.8 Å². The van der Waals surface area contributed by atoms with Crippen LogP contribution < -0.4 is 5.73 Å². The van der Waals surface area contributed by atoms with E-state index in [0.717, 1.165) is 32.1 Å². The highest BCUT2D eigenvalue weighted by molar-refractivity contribution is 7.47. The third-order valence-electron chi connectivity index (χ3n) is 8.99. The standard InChI is InChI=1S/C39H78NO8P/c1-3-5-7-9-11-13-15-16-17-18-19-20-21-22-24-25-27-29-31-38(41)45-35-37(36-47-49(43,44)46-34-33-40)48-39(42)32-30-28-26-23-14-12-10-8-6-4-2/h37H,3-36,40H2,1-2H3,(H,43,44)/t37-/m1/s1. The van der Waals surface area contributed by atoms with Gasteiger partial charge in [-0.3, -0.25) is 18.6 Å². The number of phosphoric acid groups is 1. The second-order valence-electron chi connectivity index (χ2n) is 13.9. The molecule has 3 N–H and O–H groups in total. The van der Waals surface area contributed by atoms with Gasteiger partial charge in [0.2, 0.25) is 0 Å². The molecule has 0 aromatic rings. The Bertz CT molecular complexity index is 784. The number of ether oxygens (including phenoxy) is 2. The van der Waals surface area contributed by atoms with E-state index in [4.69, 9.17) is 24.3 Å². The summed E-state index contributed by atoms with van der Waals surface area (Å²) in [5, 5.41) is 0. The van der Waals surface area contributed by atoms with Crippen molar-refractivity contribution in [1.29, 1.82) is 0 Å². The molecular weight excluding hydrogens is 641 g/mol. The highest BCUT2D eigenvalue weighted by atomic mass is 31.2. The molecule has 0 radical (unpaired) electrons. The highest BCUT2D eigenvalue weighted by Crippen LogP contribution is 2.43. The van der Waals surface area contributed by atoms with Crippen LogP contribution >= 0.6 is 7.82 Å². The lowest BCUT2D eigenvalue weighted by molar-refractivity contribution is -0.161. The topological polar surface area (TPSA) is 134 Å². The van der Waals surface area contributed by atoms with Gasteiger partial charge >= 0.3 is 19.8 Å². The van der Waals surface area contributed by atoms with Crippen LogP contribution in [0.5, 0.6) is 0 Å². The molecule has 0 amide bonds. The van der Waals surface area contributed by atoms with Crippen molar-refractivity contribution < 1.29 is 37.6 Å². The minimum atomic E-state index is -4.36. The van der Waals surface area contributed by atoms with E-state index in [0.29, 0.717) is 6.42 Å². The number of hydrogen-bond acceptors (Lipinski definition) is 8. The van der Waals surface area contributed by atoms with Gasteiger partial charge in [0.05, 0.1) is 13.2 Å². The van der Waals surface area contributed by atoms with Gasteiger partial charge in [-0.05, 0) is 12.8 Å². The van der Waals surface area contributed by atoms with Gasteiger partial charge in [0, 0.05) is 19.4 Å². The maximum atomic E-state index is 12.5. The van der Waals surface area contributed by atoms with Gasteiger partial charge in [-0.15, -0.1) is 0 Å². The molecule has 0 rings (SSSR count). The summed E-state index contributed by atoms with van der Waals surface area (Å²) in [5.74, 6) is -0.817. The Balaban J connectivity index is 4.07. The van der Waals surface area contributed by atoms with Crippen LogP contribution in [0.25, 0.3) is 0 Å². The Morgan fingerprint density at radius 2 is 0.878 bits per heavy atom.